The predicted molar refractivity (Wildman–Crippen MR) is 97.1 cm³/mol. The maximum atomic E-state index is 12.5. The van der Waals surface area contributed by atoms with E-state index in [9.17, 15) is 9.90 Å². The molecule has 0 bridgehead atoms. The highest BCUT2D eigenvalue weighted by molar-refractivity contribution is 5.77. The predicted octanol–water partition coefficient (Wildman–Crippen LogP) is 2.57. The molecule has 1 N–H and O–H groups in total. The fourth-order valence-electron chi connectivity index (χ4n) is 3.37. The highest BCUT2D eigenvalue weighted by Crippen LogP contribution is 2.25. The van der Waals surface area contributed by atoms with Crippen molar-refractivity contribution in [1.29, 1.82) is 0 Å². The third-order valence-corrected chi connectivity index (χ3v) is 5.04. The molecule has 26 heavy (non-hydrogen) atoms. The lowest BCUT2D eigenvalue weighted by Gasteiger charge is -2.24. The molecule has 0 aliphatic carbocycles. The van der Waals surface area contributed by atoms with Crippen LogP contribution in [0.5, 0.6) is 5.75 Å². The molecule has 0 unspecified atom stereocenters. The number of amides is 1. The minimum absolute atomic E-state index is 0.0387. The molecule has 1 aliphatic heterocycles. The van der Waals surface area contributed by atoms with Gasteiger partial charge in [0.2, 0.25) is 5.91 Å². The van der Waals surface area contributed by atoms with E-state index in [0.29, 0.717) is 32.4 Å². The van der Waals surface area contributed by atoms with E-state index in [1.165, 1.54) is 0 Å². The number of aliphatic hydroxyl groups is 1. The van der Waals surface area contributed by atoms with Crippen LogP contribution in [0, 0.1) is 20.8 Å². The lowest BCUT2D eigenvalue weighted by Crippen LogP contribution is -2.40. The first-order valence-electron chi connectivity index (χ1n) is 8.98. The summed E-state index contributed by atoms with van der Waals surface area (Å²) in [5.74, 6) is 1.57. The maximum absolute atomic E-state index is 12.5. The van der Waals surface area contributed by atoms with Crippen molar-refractivity contribution in [3.05, 3.63) is 46.8 Å². The second kappa shape index (κ2) is 7.50. The molecule has 6 heteroatoms. The molecule has 0 radical (unpaired) electrons. The van der Waals surface area contributed by atoms with Crippen molar-refractivity contribution in [3.8, 4) is 5.75 Å². The number of hydrogen-bond acceptors (Lipinski definition) is 5. The topological polar surface area (TPSA) is 75.8 Å². The van der Waals surface area contributed by atoms with E-state index in [0.717, 1.165) is 28.3 Å². The third-order valence-electron chi connectivity index (χ3n) is 5.04. The van der Waals surface area contributed by atoms with Gasteiger partial charge in [-0.3, -0.25) is 4.79 Å². The van der Waals surface area contributed by atoms with E-state index in [4.69, 9.17) is 9.26 Å². The number of aryl methyl sites for hydroxylation is 3. The number of hydrogen-bond donors (Lipinski definition) is 1. The molecule has 1 amide bonds. The number of carbonyl (C=O) groups is 1. The Kier molecular flexibility index (Phi) is 5.32. The Morgan fingerprint density at radius 2 is 2.12 bits per heavy atom. The van der Waals surface area contributed by atoms with Crippen LogP contribution in [-0.2, 0) is 11.2 Å². The molecule has 1 atom stereocenters. The van der Waals surface area contributed by atoms with Gasteiger partial charge in [0.05, 0.1) is 12.2 Å². The van der Waals surface area contributed by atoms with Crippen molar-refractivity contribution in [3.63, 3.8) is 0 Å². The summed E-state index contributed by atoms with van der Waals surface area (Å²) in [5.41, 5.74) is 1.86. The maximum Gasteiger partial charge on any atom is 0.223 e. The Balaban J connectivity index is 1.52. The van der Waals surface area contributed by atoms with Crippen LogP contribution in [0.15, 0.2) is 28.8 Å². The Labute approximate surface area is 153 Å². The van der Waals surface area contributed by atoms with Gasteiger partial charge in [-0.25, -0.2) is 0 Å². The zero-order chi connectivity index (χ0) is 18.7. The van der Waals surface area contributed by atoms with E-state index in [-0.39, 0.29) is 12.5 Å². The number of nitrogens with zero attached hydrogens (tertiary/aromatic N) is 2. The third kappa shape index (κ3) is 4.07. The van der Waals surface area contributed by atoms with E-state index >= 15 is 0 Å². The zero-order valence-corrected chi connectivity index (χ0v) is 15.6. The van der Waals surface area contributed by atoms with Crippen molar-refractivity contribution in [2.45, 2.75) is 45.6 Å². The number of aromatic nitrogens is 1. The molecule has 0 spiro atoms. The van der Waals surface area contributed by atoms with Gasteiger partial charge >= 0.3 is 0 Å². The molecule has 2 heterocycles. The number of ether oxygens (including phenoxy) is 1. The summed E-state index contributed by atoms with van der Waals surface area (Å²) in [6.45, 7) is 6.75. The minimum Gasteiger partial charge on any atom is -0.490 e. The molecule has 2 aromatic rings. The van der Waals surface area contributed by atoms with Gasteiger partial charge in [0, 0.05) is 18.5 Å². The zero-order valence-electron chi connectivity index (χ0n) is 15.6. The largest absolute Gasteiger partial charge is 0.490 e. The van der Waals surface area contributed by atoms with Gasteiger partial charge in [-0.2, -0.15) is 0 Å². The van der Waals surface area contributed by atoms with Crippen molar-refractivity contribution in [1.82, 2.24) is 10.1 Å². The van der Waals surface area contributed by atoms with Crippen molar-refractivity contribution >= 4 is 5.91 Å². The summed E-state index contributed by atoms with van der Waals surface area (Å²) in [7, 11) is 0. The van der Waals surface area contributed by atoms with E-state index in [2.05, 4.69) is 5.16 Å². The highest BCUT2D eigenvalue weighted by atomic mass is 16.5. The number of carbonyl (C=O) groups excluding carboxylic acids is 1. The summed E-state index contributed by atoms with van der Waals surface area (Å²) in [4.78, 5) is 14.2. The summed E-state index contributed by atoms with van der Waals surface area (Å²) in [6, 6.07) is 7.72. The molecule has 1 aromatic carbocycles. The van der Waals surface area contributed by atoms with Gasteiger partial charge in [0.15, 0.2) is 0 Å². The van der Waals surface area contributed by atoms with Crippen LogP contribution < -0.4 is 4.74 Å². The molecule has 0 saturated carbocycles. The number of rotatable bonds is 6. The molecule has 1 aromatic heterocycles. The van der Waals surface area contributed by atoms with Crippen molar-refractivity contribution in [2.24, 2.45) is 0 Å². The second-order valence-corrected chi connectivity index (χ2v) is 7.15. The Morgan fingerprint density at radius 1 is 1.35 bits per heavy atom. The quantitative estimate of drug-likeness (QED) is 0.859. The van der Waals surface area contributed by atoms with Crippen LogP contribution in [0.25, 0.3) is 0 Å². The normalized spacial score (nSPS) is 19.8. The Morgan fingerprint density at radius 3 is 2.81 bits per heavy atom. The van der Waals surface area contributed by atoms with Gasteiger partial charge in [-0.1, -0.05) is 23.4 Å². The molecular weight excluding hydrogens is 332 g/mol. The Bertz CT molecular complexity index is 766. The van der Waals surface area contributed by atoms with Crippen LogP contribution in [0.2, 0.25) is 0 Å². The summed E-state index contributed by atoms with van der Waals surface area (Å²) >= 11 is 0. The van der Waals surface area contributed by atoms with Gasteiger partial charge in [0.25, 0.3) is 0 Å². The summed E-state index contributed by atoms with van der Waals surface area (Å²) in [5, 5.41) is 14.7. The standard InChI is InChI=1S/C20H26N2O4/c1-14-6-4-5-7-18(14)25-13-20(24)10-11-22(12-20)19(23)9-8-17-15(2)21-26-16(17)3/h4-7,24H,8-13H2,1-3H3/t20-/m0/s1. The molecule has 140 valence electrons. The molecule has 1 aliphatic rings. The van der Waals surface area contributed by atoms with E-state index < -0.39 is 5.60 Å². The van der Waals surface area contributed by atoms with Crippen LogP contribution >= 0.6 is 0 Å². The molecule has 1 fully saturated rings. The second-order valence-electron chi connectivity index (χ2n) is 7.15. The van der Waals surface area contributed by atoms with Crippen LogP contribution in [-0.4, -0.2) is 46.4 Å². The van der Waals surface area contributed by atoms with Crippen LogP contribution in [0.3, 0.4) is 0 Å². The van der Waals surface area contributed by atoms with Crippen LogP contribution in [0.4, 0.5) is 0 Å². The van der Waals surface area contributed by atoms with Gasteiger partial charge in [-0.05, 0) is 45.2 Å². The fraction of sp³-hybridized carbons (Fsp3) is 0.500. The van der Waals surface area contributed by atoms with Crippen molar-refractivity contribution < 1.29 is 19.2 Å². The molecule has 1 saturated heterocycles. The average Bonchev–Trinajstić information content (AvgIpc) is 3.16. The number of para-hydroxylation sites is 1. The Hall–Kier alpha value is -2.34. The number of likely N-dealkylation sites (tertiary alicyclic amines) is 1. The monoisotopic (exact) mass is 358 g/mol. The van der Waals surface area contributed by atoms with E-state index in [1.54, 1.807) is 4.90 Å². The first-order valence-corrected chi connectivity index (χ1v) is 8.98. The molecular formula is C20H26N2O4. The lowest BCUT2D eigenvalue weighted by molar-refractivity contribution is -0.131. The number of benzene rings is 1. The summed E-state index contributed by atoms with van der Waals surface area (Å²) in [6.07, 6.45) is 1.52. The fourth-order valence-corrected chi connectivity index (χ4v) is 3.37. The smallest absolute Gasteiger partial charge is 0.223 e. The molecule has 3 rings (SSSR count). The SMILES string of the molecule is Cc1ccccc1OC[C@]1(O)CCN(C(=O)CCc2c(C)noc2C)C1. The van der Waals surface area contributed by atoms with Crippen molar-refractivity contribution in [2.75, 3.05) is 19.7 Å². The highest BCUT2D eigenvalue weighted by Gasteiger charge is 2.39. The average molecular weight is 358 g/mol. The first kappa shape index (κ1) is 18.5. The van der Waals surface area contributed by atoms with Gasteiger partial charge < -0.3 is 19.3 Å². The lowest BCUT2D eigenvalue weighted by atomic mass is 10.1. The minimum atomic E-state index is -0.999. The van der Waals surface area contributed by atoms with Gasteiger partial charge in [-0.15, -0.1) is 0 Å². The van der Waals surface area contributed by atoms with Crippen LogP contribution in [0.1, 0.15) is 35.4 Å². The summed E-state index contributed by atoms with van der Waals surface area (Å²) < 4.78 is 10.9. The van der Waals surface area contributed by atoms with Gasteiger partial charge in [0.1, 0.15) is 23.7 Å². The van der Waals surface area contributed by atoms with E-state index in [1.807, 2.05) is 45.0 Å². The molecule has 6 nitrogen and oxygen atoms in total. The number of β-amino-alcohol motifs (C(OH)–C–C–N with tert-alkyl or cyclic N) is 1. The first-order chi connectivity index (χ1) is 12.4.